The van der Waals surface area contributed by atoms with Crippen LogP contribution in [0.5, 0.6) is 5.75 Å². The third kappa shape index (κ3) is 3.88. The number of aromatic amines is 1. The van der Waals surface area contributed by atoms with Crippen LogP contribution >= 0.6 is 11.3 Å². The molecule has 1 aliphatic rings. The number of benzene rings is 1. The minimum Gasteiger partial charge on any atom is -0.497 e. The molecule has 0 fully saturated rings. The summed E-state index contributed by atoms with van der Waals surface area (Å²) < 4.78 is 5.33. The van der Waals surface area contributed by atoms with Crippen LogP contribution in [0, 0.1) is 0 Å². The summed E-state index contributed by atoms with van der Waals surface area (Å²) in [7, 11) is 1.69. The fourth-order valence-electron chi connectivity index (χ4n) is 3.52. The minimum atomic E-state index is 0.0154. The second-order valence-corrected chi connectivity index (χ2v) is 8.66. The Kier molecular flexibility index (Phi) is 5.33. The third-order valence-corrected chi connectivity index (χ3v) is 6.23. The van der Waals surface area contributed by atoms with Crippen molar-refractivity contribution in [2.24, 2.45) is 0 Å². The SMILES string of the molecule is COc1cccc(-c2ccc(CN3CCc4nc(C(C)C)[nH]c(=O)c4C3)s2)c1. The van der Waals surface area contributed by atoms with E-state index in [1.54, 1.807) is 18.4 Å². The highest BCUT2D eigenvalue weighted by Gasteiger charge is 2.22. The van der Waals surface area contributed by atoms with E-state index in [4.69, 9.17) is 4.74 Å². The highest BCUT2D eigenvalue weighted by atomic mass is 32.1. The molecule has 0 atom stereocenters. The topological polar surface area (TPSA) is 58.2 Å². The smallest absolute Gasteiger partial charge is 0.255 e. The van der Waals surface area contributed by atoms with E-state index in [0.29, 0.717) is 6.54 Å². The van der Waals surface area contributed by atoms with Crippen molar-refractivity contribution in [2.75, 3.05) is 13.7 Å². The minimum absolute atomic E-state index is 0.0154. The van der Waals surface area contributed by atoms with E-state index in [-0.39, 0.29) is 11.5 Å². The zero-order chi connectivity index (χ0) is 19.7. The molecule has 3 heterocycles. The molecular formula is C22H25N3O2S. The van der Waals surface area contributed by atoms with Crippen molar-refractivity contribution < 1.29 is 4.74 Å². The number of nitrogens with zero attached hydrogens (tertiary/aromatic N) is 2. The highest BCUT2D eigenvalue weighted by molar-refractivity contribution is 7.15. The number of nitrogens with one attached hydrogen (secondary N) is 1. The Morgan fingerprint density at radius 2 is 2.14 bits per heavy atom. The van der Waals surface area contributed by atoms with Gasteiger partial charge in [0.2, 0.25) is 0 Å². The Bertz CT molecular complexity index is 1040. The van der Waals surface area contributed by atoms with Crippen molar-refractivity contribution in [3.05, 3.63) is 68.7 Å². The zero-order valence-electron chi connectivity index (χ0n) is 16.5. The van der Waals surface area contributed by atoms with Crippen molar-refractivity contribution in [3.63, 3.8) is 0 Å². The maximum absolute atomic E-state index is 12.5. The predicted octanol–water partition coefficient (Wildman–Crippen LogP) is 4.19. The van der Waals surface area contributed by atoms with E-state index in [1.165, 1.54) is 15.3 Å². The molecule has 0 bridgehead atoms. The van der Waals surface area contributed by atoms with Crippen molar-refractivity contribution >= 4 is 11.3 Å². The van der Waals surface area contributed by atoms with Crippen LogP contribution in [0.2, 0.25) is 0 Å². The first-order valence-electron chi connectivity index (χ1n) is 9.61. The molecule has 28 heavy (non-hydrogen) atoms. The number of H-pyrrole nitrogens is 1. The Morgan fingerprint density at radius 3 is 2.93 bits per heavy atom. The van der Waals surface area contributed by atoms with Gasteiger partial charge in [-0.3, -0.25) is 9.69 Å². The van der Waals surface area contributed by atoms with E-state index in [9.17, 15) is 4.79 Å². The normalized spacial score (nSPS) is 14.3. The lowest BCUT2D eigenvalue weighted by molar-refractivity contribution is 0.243. The fraction of sp³-hybridized carbons (Fsp3) is 0.364. The molecule has 0 aliphatic carbocycles. The number of ether oxygens (including phenoxy) is 1. The molecule has 0 unspecified atom stereocenters. The second kappa shape index (κ2) is 7.89. The Hall–Kier alpha value is -2.44. The van der Waals surface area contributed by atoms with Gasteiger partial charge in [-0.2, -0.15) is 0 Å². The Labute approximate surface area is 169 Å². The van der Waals surface area contributed by atoms with Gasteiger partial charge in [-0.05, 0) is 29.8 Å². The van der Waals surface area contributed by atoms with Gasteiger partial charge in [0.05, 0.1) is 18.4 Å². The van der Waals surface area contributed by atoms with E-state index < -0.39 is 0 Å². The predicted molar refractivity (Wildman–Crippen MR) is 113 cm³/mol. The standard InChI is InChI=1S/C22H25N3O2S/c1-14(2)21-23-19-9-10-25(13-18(19)22(26)24-21)12-17-7-8-20(28-17)15-5-4-6-16(11-15)27-3/h4-8,11,14H,9-10,12-13H2,1-3H3,(H,23,24,26). The first kappa shape index (κ1) is 18.9. The van der Waals surface area contributed by atoms with Gasteiger partial charge in [0.15, 0.2) is 0 Å². The average Bonchev–Trinajstić information content (AvgIpc) is 3.17. The molecule has 0 saturated carbocycles. The summed E-state index contributed by atoms with van der Waals surface area (Å²) in [5.41, 5.74) is 2.97. The number of methoxy groups -OCH3 is 1. The van der Waals surface area contributed by atoms with Crippen LogP contribution in [0.4, 0.5) is 0 Å². The molecule has 0 radical (unpaired) electrons. The first-order chi connectivity index (χ1) is 13.5. The summed E-state index contributed by atoms with van der Waals surface area (Å²) in [5, 5.41) is 0. The van der Waals surface area contributed by atoms with Crippen LogP contribution < -0.4 is 10.3 Å². The third-order valence-electron chi connectivity index (χ3n) is 5.11. The molecule has 0 spiro atoms. The Balaban J connectivity index is 1.49. The van der Waals surface area contributed by atoms with Gasteiger partial charge in [0.1, 0.15) is 11.6 Å². The van der Waals surface area contributed by atoms with Crippen LogP contribution in [-0.4, -0.2) is 28.5 Å². The number of aromatic nitrogens is 2. The number of hydrogen-bond acceptors (Lipinski definition) is 5. The maximum Gasteiger partial charge on any atom is 0.255 e. The number of rotatable bonds is 5. The van der Waals surface area contributed by atoms with Gasteiger partial charge in [0.25, 0.3) is 5.56 Å². The molecule has 146 valence electrons. The average molecular weight is 396 g/mol. The molecule has 1 aromatic carbocycles. The summed E-state index contributed by atoms with van der Waals surface area (Å²) in [6.45, 7) is 6.53. The first-order valence-corrected chi connectivity index (χ1v) is 10.4. The summed E-state index contributed by atoms with van der Waals surface area (Å²) in [4.78, 5) is 25.0. The van der Waals surface area contributed by atoms with Gasteiger partial charge in [0, 0.05) is 41.7 Å². The molecule has 0 amide bonds. The van der Waals surface area contributed by atoms with Crippen LogP contribution in [0.15, 0.2) is 41.2 Å². The van der Waals surface area contributed by atoms with Crippen molar-refractivity contribution in [2.45, 2.75) is 39.3 Å². The van der Waals surface area contributed by atoms with Gasteiger partial charge in [-0.25, -0.2) is 4.98 Å². The van der Waals surface area contributed by atoms with Crippen LogP contribution in [0.3, 0.4) is 0 Å². The molecule has 6 heteroatoms. The van der Waals surface area contributed by atoms with E-state index in [0.717, 1.165) is 42.3 Å². The molecule has 0 saturated heterocycles. The van der Waals surface area contributed by atoms with Crippen LogP contribution in [0.1, 0.15) is 41.7 Å². The van der Waals surface area contributed by atoms with Gasteiger partial charge >= 0.3 is 0 Å². The van der Waals surface area contributed by atoms with Crippen molar-refractivity contribution in [1.82, 2.24) is 14.9 Å². The van der Waals surface area contributed by atoms with Gasteiger partial charge in [-0.15, -0.1) is 11.3 Å². The second-order valence-electron chi connectivity index (χ2n) is 7.49. The molecule has 1 aliphatic heterocycles. The molecule has 3 aromatic rings. The highest BCUT2D eigenvalue weighted by Crippen LogP contribution is 2.31. The van der Waals surface area contributed by atoms with E-state index in [1.807, 2.05) is 12.1 Å². The Morgan fingerprint density at radius 1 is 1.29 bits per heavy atom. The molecule has 2 aromatic heterocycles. The van der Waals surface area contributed by atoms with Gasteiger partial charge < -0.3 is 9.72 Å². The summed E-state index contributed by atoms with van der Waals surface area (Å²) in [5.74, 6) is 1.89. The number of hydrogen-bond donors (Lipinski definition) is 1. The van der Waals surface area contributed by atoms with Crippen molar-refractivity contribution in [3.8, 4) is 16.2 Å². The van der Waals surface area contributed by atoms with Crippen LogP contribution in [-0.2, 0) is 19.5 Å². The molecule has 5 nitrogen and oxygen atoms in total. The summed E-state index contributed by atoms with van der Waals surface area (Å²) in [6, 6.07) is 12.5. The lowest BCUT2D eigenvalue weighted by Gasteiger charge is -2.27. The largest absolute Gasteiger partial charge is 0.497 e. The van der Waals surface area contributed by atoms with Crippen molar-refractivity contribution in [1.29, 1.82) is 0 Å². The van der Waals surface area contributed by atoms with E-state index >= 15 is 0 Å². The number of thiophene rings is 1. The van der Waals surface area contributed by atoms with Crippen LogP contribution in [0.25, 0.3) is 10.4 Å². The lowest BCUT2D eigenvalue weighted by Crippen LogP contribution is -2.35. The maximum atomic E-state index is 12.5. The molecule has 1 N–H and O–H groups in total. The van der Waals surface area contributed by atoms with E-state index in [2.05, 4.69) is 53.0 Å². The molecular weight excluding hydrogens is 370 g/mol. The number of fused-ring (bicyclic) bond motifs is 1. The lowest BCUT2D eigenvalue weighted by atomic mass is 10.1. The zero-order valence-corrected chi connectivity index (χ0v) is 17.3. The summed E-state index contributed by atoms with van der Waals surface area (Å²) >= 11 is 1.79. The quantitative estimate of drug-likeness (QED) is 0.704. The van der Waals surface area contributed by atoms with Gasteiger partial charge in [-0.1, -0.05) is 26.0 Å². The fourth-order valence-corrected chi connectivity index (χ4v) is 4.57. The molecule has 4 rings (SSSR count). The summed E-state index contributed by atoms with van der Waals surface area (Å²) in [6.07, 6.45) is 0.826. The monoisotopic (exact) mass is 395 g/mol.